The van der Waals surface area contributed by atoms with Crippen LogP contribution in [0.4, 0.5) is 5.69 Å². The summed E-state index contributed by atoms with van der Waals surface area (Å²) >= 11 is 5.80. The fraction of sp³-hybridized carbons (Fsp3) is 0.190. The normalized spacial score (nSPS) is 12.1. The van der Waals surface area contributed by atoms with Crippen LogP contribution in [-0.2, 0) is 21.4 Å². The fourth-order valence-electron chi connectivity index (χ4n) is 2.73. The zero-order valence-corrected chi connectivity index (χ0v) is 18.3. The molecule has 0 aliphatic rings. The molecule has 0 aromatic heterocycles. The maximum atomic E-state index is 12.4. The number of carboxylic acids is 1. The van der Waals surface area contributed by atoms with Crippen molar-refractivity contribution in [2.45, 2.75) is 31.7 Å². The summed E-state index contributed by atoms with van der Waals surface area (Å²) in [7, 11) is -3.73. The number of benzene rings is 2. The first-order valence-corrected chi connectivity index (χ1v) is 10.8. The van der Waals surface area contributed by atoms with Crippen LogP contribution in [0.2, 0.25) is 5.02 Å². The Morgan fingerprint density at radius 1 is 1.13 bits per heavy atom. The van der Waals surface area contributed by atoms with E-state index in [1.165, 1.54) is 29.3 Å². The highest BCUT2D eigenvalue weighted by atomic mass is 35.5. The van der Waals surface area contributed by atoms with Gasteiger partial charge in [-0.3, -0.25) is 9.52 Å². The molecular weight excluding hydrogens is 426 g/mol. The van der Waals surface area contributed by atoms with Crippen molar-refractivity contribution in [3.8, 4) is 0 Å². The molecule has 160 valence electrons. The average Bonchev–Trinajstić information content (AvgIpc) is 2.67. The second-order valence-corrected chi connectivity index (χ2v) is 8.92. The summed E-state index contributed by atoms with van der Waals surface area (Å²) < 4.78 is 27.4. The van der Waals surface area contributed by atoms with Gasteiger partial charge in [0, 0.05) is 16.4 Å². The Labute approximate surface area is 181 Å². The molecule has 7 nitrogen and oxygen atoms in total. The van der Waals surface area contributed by atoms with Crippen molar-refractivity contribution in [2.24, 2.45) is 5.84 Å². The molecule has 9 heteroatoms. The molecule has 0 aliphatic heterocycles. The van der Waals surface area contributed by atoms with E-state index in [4.69, 9.17) is 22.6 Å². The zero-order chi connectivity index (χ0) is 22.5. The molecule has 30 heavy (non-hydrogen) atoms. The molecule has 0 aliphatic carbocycles. The van der Waals surface area contributed by atoms with Crippen molar-refractivity contribution in [3.63, 3.8) is 0 Å². The van der Waals surface area contributed by atoms with Crippen molar-refractivity contribution in [2.75, 3.05) is 4.72 Å². The minimum atomic E-state index is -3.73. The summed E-state index contributed by atoms with van der Waals surface area (Å²) in [6, 6.07) is 12.6. The van der Waals surface area contributed by atoms with Crippen LogP contribution in [0, 0.1) is 0 Å². The minimum Gasteiger partial charge on any atom is -0.481 e. The number of sulfonamides is 1. The van der Waals surface area contributed by atoms with Gasteiger partial charge in [-0.2, -0.15) is 0 Å². The molecule has 0 bridgehead atoms. The topological polar surface area (TPSA) is 113 Å². The predicted molar refractivity (Wildman–Crippen MR) is 118 cm³/mol. The van der Waals surface area contributed by atoms with Crippen molar-refractivity contribution >= 4 is 33.3 Å². The lowest BCUT2D eigenvalue weighted by molar-refractivity contribution is -0.136. The molecule has 0 saturated carbocycles. The fourth-order valence-corrected chi connectivity index (χ4v) is 3.92. The molecule has 0 spiro atoms. The summed E-state index contributed by atoms with van der Waals surface area (Å²) in [6.07, 6.45) is -0.166. The minimum absolute atomic E-state index is 0.107. The molecule has 4 N–H and O–H groups in total. The molecule has 0 amide bonds. The molecule has 0 heterocycles. The summed E-state index contributed by atoms with van der Waals surface area (Å²) in [5.74, 6) is 5.15. The van der Waals surface area contributed by atoms with E-state index in [9.17, 15) is 13.2 Å². The predicted octanol–water partition coefficient (Wildman–Crippen LogP) is 4.14. The lowest BCUT2D eigenvalue weighted by atomic mass is 10.0. The maximum Gasteiger partial charge on any atom is 0.307 e. The van der Waals surface area contributed by atoms with Crippen LogP contribution in [0.25, 0.3) is 0 Å². The monoisotopic (exact) mass is 449 g/mol. The molecular formula is C21H24ClN3O4S. The van der Waals surface area contributed by atoms with Crippen LogP contribution >= 0.6 is 11.6 Å². The Hall–Kier alpha value is -2.81. The van der Waals surface area contributed by atoms with Crippen molar-refractivity contribution in [1.29, 1.82) is 0 Å². The number of hydrazine groups is 1. The van der Waals surface area contributed by atoms with Crippen LogP contribution in [0.5, 0.6) is 0 Å². The molecule has 0 unspecified atom stereocenters. The van der Waals surface area contributed by atoms with Gasteiger partial charge in [0.2, 0.25) is 0 Å². The number of rotatable bonds is 9. The third-order valence-electron chi connectivity index (χ3n) is 4.39. The highest BCUT2D eigenvalue weighted by Gasteiger charge is 2.15. The quantitative estimate of drug-likeness (QED) is 0.301. The molecule has 0 saturated heterocycles. The highest BCUT2D eigenvalue weighted by Crippen LogP contribution is 2.22. The molecule has 2 aromatic rings. The molecule has 0 radical (unpaired) electrons. The number of nitrogens with one attached hydrogen (secondary N) is 1. The Morgan fingerprint density at radius 3 is 2.20 bits per heavy atom. The summed E-state index contributed by atoms with van der Waals surface area (Å²) in [6.45, 7) is 7.60. The van der Waals surface area contributed by atoms with Gasteiger partial charge in [0.15, 0.2) is 0 Å². The standard InChI is InChI=1S/C21H24ClN3O4S/c1-14(2)20(12-21(26)27)15(3)25(23)13-16-4-8-18(9-5-16)24-30(28,29)19-10-6-17(22)7-11-19/h4-11,24H,1,12-13,23H2,2-3H3,(H,26,27)/b20-15-. The number of halogens is 1. The number of anilines is 1. The number of hydrogen-bond acceptors (Lipinski definition) is 5. The number of nitrogens with zero attached hydrogens (tertiary/aromatic N) is 1. The van der Waals surface area contributed by atoms with Crippen LogP contribution in [0.3, 0.4) is 0 Å². The molecule has 0 atom stereocenters. The van der Waals surface area contributed by atoms with Crippen LogP contribution < -0.4 is 10.6 Å². The summed E-state index contributed by atoms with van der Waals surface area (Å²) in [5, 5.41) is 11.0. The number of allylic oxidation sites excluding steroid dienone is 2. The summed E-state index contributed by atoms with van der Waals surface area (Å²) in [4.78, 5) is 11.2. The summed E-state index contributed by atoms with van der Waals surface area (Å²) in [5.41, 5.74) is 3.03. The SMILES string of the molecule is C=C(C)/C(CC(=O)O)=C(/C)N(N)Cc1ccc(NS(=O)(=O)c2ccc(Cl)cc2)cc1. The van der Waals surface area contributed by atoms with E-state index in [-0.39, 0.29) is 11.3 Å². The van der Waals surface area contributed by atoms with Gasteiger partial charge < -0.3 is 10.1 Å². The third kappa shape index (κ3) is 6.35. The van der Waals surface area contributed by atoms with Crippen molar-refractivity contribution < 1.29 is 18.3 Å². The Balaban J connectivity index is 2.12. The number of aliphatic carboxylic acids is 1. The number of nitrogens with two attached hydrogens (primary N) is 1. The van der Waals surface area contributed by atoms with Gasteiger partial charge in [0.05, 0.1) is 17.9 Å². The lowest BCUT2D eigenvalue weighted by Crippen LogP contribution is -2.30. The zero-order valence-electron chi connectivity index (χ0n) is 16.7. The van der Waals surface area contributed by atoms with Crippen LogP contribution in [0.1, 0.15) is 25.8 Å². The maximum absolute atomic E-state index is 12.4. The van der Waals surface area contributed by atoms with Crippen molar-refractivity contribution in [3.05, 3.63) is 82.5 Å². The van der Waals surface area contributed by atoms with Crippen molar-refractivity contribution in [1.82, 2.24) is 5.01 Å². The van der Waals surface area contributed by atoms with Gasteiger partial charge in [-0.1, -0.05) is 35.9 Å². The van der Waals surface area contributed by atoms with Gasteiger partial charge in [-0.05, 0) is 61.4 Å². The van der Waals surface area contributed by atoms with Gasteiger partial charge in [0.25, 0.3) is 10.0 Å². The highest BCUT2D eigenvalue weighted by molar-refractivity contribution is 7.92. The average molecular weight is 450 g/mol. The van der Waals surface area contributed by atoms with E-state index in [2.05, 4.69) is 11.3 Å². The first kappa shape index (κ1) is 23.5. The van der Waals surface area contributed by atoms with E-state index in [0.29, 0.717) is 34.1 Å². The first-order valence-electron chi connectivity index (χ1n) is 8.96. The third-order valence-corrected chi connectivity index (χ3v) is 6.04. The van der Waals surface area contributed by atoms with E-state index >= 15 is 0 Å². The Kier molecular flexibility index (Phi) is 7.66. The largest absolute Gasteiger partial charge is 0.481 e. The van der Waals surface area contributed by atoms with Crippen LogP contribution in [-0.4, -0.2) is 24.5 Å². The molecule has 2 rings (SSSR count). The molecule has 2 aromatic carbocycles. The van der Waals surface area contributed by atoms with Crippen LogP contribution in [0.15, 0.2) is 76.8 Å². The van der Waals surface area contributed by atoms with E-state index in [0.717, 1.165) is 5.56 Å². The van der Waals surface area contributed by atoms with Gasteiger partial charge >= 0.3 is 5.97 Å². The van der Waals surface area contributed by atoms with E-state index in [1.54, 1.807) is 38.1 Å². The number of carbonyl (C=O) groups is 1. The molecule has 0 fully saturated rings. The van der Waals surface area contributed by atoms with Gasteiger partial charge in [-0.25, -0.2) is 14.3 Å². The van der Waals surface area contributed by atoms with Gasteiger partial charge in [0.1, 0.15) is 0 Å². The second kappa shape index (κ2) is 9.80. The number of hydrogen-bond donors (Lipinski definition) is 3. The lowest BCUT2D eigenvalue weighted by Gasteiger charge is -2.23. The number of carboxylic acid groups (broad SMARTS) is 1. The van der Waals surface area contributed by atoms with Gasteiger partial charge in [-0.15, -0.1) is 0 Å². The first-order chi connectivity index (χ1) is 14.0. The smallest absolute Gasteiger partial charge is 0.307 e. The van der Waals surface area contributed by atoms with E-state index in [1.807, 2.05) is 0 Å². The van der Waals surface area contributed by atoms with E-state index < -0.39 is 16.0 Å². The Morgan fingerprint density at radius 2 is 1.70 bits per heavy atom. The second-order valence-electron chi connectivity index (χ2n) is 6.80. The Bertz CT molecular complexity index is 1060.